The number of unbranched alkanes of at least 4 members (excludes halogenated alkanes) is 2. The number of likely N-dealkylation sites (N-methyl/N-ethyl adjacent to an activating group) is 1. The van der Waals surface area contributed by atoms with Crippen LogP contribution in [-0.4, -0.2) is 92.5 Å². The molecule has 3 amide bonds. The Morgan fingerprint density at radius 3 is 2.59 bits per heavy atom. The number of hydrogen-bond acceptors (Lipinski definition) is 7. The summed E-state index contributed by atoms with van der Waals surface area (Å²) in [5.74, 6) is -1.67. The molecule has 12 nitrogen and oxygen atoms in total. The number of carbonyl (C=O) groups excluding carboxylic acids is 2. The molecule has 1 aromatic carbocycles. The quantitative estimate of drug-likeness (QED) is 0.176. The lowest BCUT2D eigenvalue weighted by atomic mass is 10.1. The van der Waals surface area contributed by atoms with E-state index in [2.05, 4.69) is 28.6 Å². The number of amides is 3. The van der Waals surface area contributed by atoms with Crippen molar-refractivity contribution in [3.63, 3.8) is 0 Å². The van der Waals surface area contributed by atoms with Crippen molar-refractivity contribution in [3.8, 4) is 17.3 Å². The average Bonchev–Trinajstić information content (AvgIpc) is 3.36. The third kappa shape index (κ3) is 7.16. The number of methoxy groups -OCH3 is 1. The van der Waals surface area contributed by atoms with Gasteiger partial charge in [-0.25, -0.2) is 19.3 Å². The van der Waals surface area contributed by atoms with Gasteiger partial charge in [0, 0.05) is 43.6 Å². The molecular weight excluding hydrogens is 669 g/mol. The number of nitrogens with zero attached hydrogens (tertiary/aromatic N) is 5. The molecule has 2 aromatic heterocycles. The van der Waals surface area contributed by atoms with E-state index in [4.69, 9.17) is 21.1 Å². The Morgan fingerprint density at radius 2 is 1.98 bits per heavy atom. The molecule has 1 saturated heterocycles. The van der Waals surface area contributed by atoms with Crippen LogP contribution < -0.4 is 14.8 Å². The van der Waals surface area contributed by atoms with Gasteiger partial charge in [-0.1, -0.05) is 23.8 Å². The van der Waals surface area contributed by atoms with E-state index in [1.165, 1.54) is 29.1 Å². The minimum Gasteiger partial charge on any atom is -0.495 e. The topological polar surface area (TPSA) is 139 Å². The van der Waals surface area contributed by atoms with Gasteiger partial charge >= 0.3 is 18.2 Å². The highest BCUT2D eigenvalue weighted by molar-refractivity contribution is 6.36. The predicted octanol–water partition coefficient (Wildman–Crippen LogP) is 5.48. The van der Waals surface area contributed by atoms with Gasteiger partial charge in [0.25, 0.3) is 0 Å². The summed E-state index contributed by atoms with van der Waals surface area (Å²) in [6, 6.07) is 3.64. The van der Waals surface area contributed by atoms with Crippen LogP contribution in [0.2, 0.25) is 5.02 Å². The second-order valence-electron chi connectivity index (χ2n) is 12.0. The van der Waals surface area contributed by atoms with Crippen molar-refractivity contribution in [1.29, 1.82) is 0 Å². The number of carboxylic acid groups (broad SMARTS) is 1. The zero-order valence-corrected chi connectivity index (χ0v) is 27.6. The Morgan fingerprint density at radius 1 is 1.22 bits per heavy atom. The first-order chi connectivity index (χ1) is 23.2. The standard InChI is InChI=1S/C33H36ClF3N6O6/c1-5-7-8-9-13-41(3)29(44)22-15-20(18-42(22)31(47)39-32(30(45)46)17-19(32)6-2)49-24-16-26(43-14-12-25(40-43)33(35,36)37)38-28-21(24)10-11-23(48-4)27(28)34/h5-6,10-12,14,16,19-20,22H,1-2,7-9,13,15,17-18H2,3-4H3,(H,39,47)(H,45,46)/t19?,20-,22-,32?/m0/s1. The molecule has 1 saturated carbocycles. The number of aromatic nitrogens is 3. The molecule has 2 unspecified atom stereocenters. The van der Waals surface area contributed by atoms with Gasteiger partial charge in [-0.15, -0.1) is 13.2 Å². The summed E-state index contributed by atoms with van der Waals surface area (Å²) in [5, 5.41) is 16.6. The van der Waals surface area contributed by atoms with E-state index >= 15 is 0 Å². The van der Waals surface area contributed by atoms with Crippen LogP contribution in [0.4, 0.5) is 18.0 Å². The van der Waals surface area contributed by atoms with Crippen LogP contribution >= 0.6 is 11.6 Å². The van der Waals surface area contributed by atoms with Gasteiger partial charge in [-0.2, -0.15) is 18.3 Å². The highest BCUT2D eigenvalue weighted by atomic mass is 35.5. The van der Waals surface area contributed by atoms with Crippen LogP contribution in [0.25, 0.3) is 16.7 Å². The van der Waals surface area contributed by atoms with E-state index in [1.54, 1.807) is 25.3 Å². The van der Waals surface area contributed by atoms with Crippen molar-refractivity contribution in [1.82, 2.24) is 29.9 Å². The van der Waals surface area contributed by atoms with E-state index in [-0.39, 0.29) is 53.1 Å². The third-order valence-corrected chi connectivity index (χ3v) is 9.17. The molecule has 0 radical (unpaired) electrons. The number of rotatable bonds is 13. The minimum absolute atomic E-state index is 0.0389. The van der Waals surface area contributed by atoms with Crippen molar-refractivity contribution >= 4 is 40.4 Å². The molecule has 3 aromatic rings. The normalized spacial score (nSPS) is 21.7. The largest absolute Gasteiger partial charge is 0.495 e. The number of benzene rings is 1. The molecule has 2 N–H and O–H groups in total. The van der Waals surface area contributed by atoms with Gasteiger partial charge in [0.2, 0.25) is 5.91 Å². The first-order valence-corrected chi connectivity index (χ1v) is 15.9. The Hall–Kier alpha value is -4.79. The first kappa shape index (κ1) is 35.5. The Balaban J connectivity index is 1.48. The molecule has 1 aliphatic heterocycles. The van der Waals surface area contributed by atoms with Crippen molar-refractivity contribution < 1.29 is 42.1 Å². The summed E-state index contributed by atoms with van der Waals surface area (Å²) in [6.45, 7) is 7.68. The monoisotopic (exact) mass is 704 g/mol. The van der Waals surface area contributed by atoms with Gasteiger partial charge in [0.05, 0.1) is 19.2 Å². The average molecular weight is 705 g/mol. The lowest BCUT2D eigenvalue weighted by molar-refractivity contribution is -0.142. The minimum atomic E-state index is -4.69. The van der Waals surface area contributed by atoms with E-state index in [0.29, 0.717) is 18.4 Å². The number of fused-ring (bicyclic) bond motifs is 1. The van der Waals surface area contributed by atoms with Crippen LogP contribution in [0.3, 0.4) is 0 Å². The molecule has 1 aliphatic carbocycles. The number of hydrogen-bond donors (Lipinski definition) is 2. The summed E-state index contributed by atoms with van der Waals surface area (Å²) in [6.07, 6.45) is 1.37. The molecule has 262 valence electrons. The lowest BCUT2D eigenvalue weighted by Gasteiger charge is -2.29. The molecule has 0 spiro atoms. The maximum atomic E-state index is 13.8. The summed E-state index contributed by atoms with van der Waals surface area (Å²) < 4.78 is 52.8. The van der Waals surface area contributed by atoms with Crippen LogP contribution in [0.1, 0.15) is 37.8 Å². The van der Waals surface area contributed by atoms with Crippen LogP contribution in [0, 0.1) is 5.92 Å². The number of pyridine rings is 1. The zero-order valence-electron chi connectivity index (χ0n) is 26.9. The number of halogens is 4. The molecule has 3 heterocycles. The maximum Gasteiger partial charge on any atom is 0.435 e. The number of aliphatic carboxylic acids is 1. The second kappa shape index (κ2) is 14.0. The Kier molecular flexibility index (Phi) is 10.1. The fourth-order valence-corrected chi connectivity index (χ4v) is 6.26. The molecular formula is C33H36ClF3N6O6. The first-order valence-electron chi connectivity index (χ1n) is 15.5. The highest BCUT2D eigenvalue weighted by Crippen LogP contribution is 2.45. The number of carbonyl (C=O) groups is 3. The summed E-state index contributed by atoms with van der Waals surface area (Å²) in [5.41, 5.74) is -2.51. The van der Waals surface area contributed by atoms with Gasteiger partial charge in [0.1, 0.15) is 34.2 Å². The van der Waals surface area contributed by atoms with Gasteiger partial charge in [-0.3, -0.25) is 4.79 Å². The zero-order chi connectivity index (χ0) is 35.7. The molecule has 16 heteroatoms. The van der Waals surface area contributed by atoms with Crippen molar-refractivity contribution in [3.05, 3.63) is 66.5 Å². The summed E-state index contributed by atoms with van der Waals surface area (Å²) in [4.78, 5) is 46.8. The maximum absolute atomic E-state index is 13.8. The van der Waals surface area contributed by atoms with Gasteiger partial charge in [0.15, 0.2) is 11.5 Å². The fraction of sp³-hybridized carbons (Fsp3) is 0.424. The fourth-order valence-electron chi connectivity index (χ4n) is 5.97. The number of carboxylic acids is 1. The smallest absolute Gasteiger partial charge is 0.435 e. The predicted molar refractivity (Wildman–Crippen MR) is 174 cm³/mol. The van der Waals surface area contributed by atoms with E-state index in [1.807, 2.05) is 0 Å². The SMILES string of the molecule is C=CCCCCN(C)C(=O)[C@@H]1C[C@H](Oc2cc(-n3ccc(C(F)(F)F)n3)nc3c(Cl)c(OC)ccc23)CN1C(=O)NC1(C(=O)O)CC1C=C. The van der Waals surface area contributed by atoms with Gasteiger partial charge in [-0.05, 0) is 43.9 Å². The number of nitrogens with one attached hydrogen (secondary N) is 1. The van der Waals surface area contributed by atoms with Crippen molar-refractivity contribution in [2.24, 2.45) is 5.92 Å². The van der Waals surface area contributed by atoms with Gasteiger partial charge < -0.3 is 29.7 Å². The third-order valence-electron chi connectivity index (χ3n) is 8.81. The molecule has 49 heavy (non-hydrogen) atoms. The molecule has 2 aliphatic rings. The summed E-state index contributed by atoms with van der Waals surface area (Å²) in [7, 11) is 3.03. The van der Waals surface area contributed by atoms with E-state index < -0.39 is 47.5 Å². The molecule has 4 atom stereocenters. The van der Waals surface area contributed by atoms with Crippen LogP contribution in [0.15, 0.2) is 55.8 Å². The van der Waals surface area contributed by atoms with Crippen LogP contribution in [-0.2, 0) is 15.8 Å². The Bertz CT molecular complexity index is 1780. The van der Waals surface area contributed by atoms with E-state index in [9.17, 15) is 32.7 Å². The lowest BCUT2D eigenvalue weighted by Crippen LogP contribution is -2.55. The van der Waals surface area contributed by atoms with Crippen LogP contribution in [0.5, 0.6) is 11.5 Å². The number of likely N-dealkylation sites (tertiary alicyclic amines) is 1. The molecule has 0 bridgehead atoms. The summed E-state index contributed by atoms with van der Waals surface area (Å²) >= 11 is 6.59. The number of ether oxygens (including phenoxy) is 2. The van der Waals surface area contributed by atoms with Crippen molar-refractivity contribution in [2.75, 3.05) is 27.2 Å². The highest BCUT2D eigenvalue weighted by Gasteiger charge is 2.61. The van der Waals surface area contributed by atoms with E-state index in [0.717, 1.165) is 29.8 Å². The Labute approximate surface area is 285 Å². The van der Waals surface area contributed by atoms with Crippen molar-refractivity contribution in [2.45, 2.75) is 56.0 Å². The number of alkyl halides is 3. The molecule has 2 fully saturated rings. The number of urea groups is 1. The molecule has 5 rings (SSSR count). The number of allylic oxidation sites excluding steroid dienone is 1. The second-order valence-corrected chi connectivity index (χ2v) is 12.4.